The van der Waals surface area contributed by atoms with Crippen molar-refractivity contribution in [1.82, 2.24) is 0 Å². The Bertz CT molecular complexity index is 212. The van der Waals surface area contributed by atoms with Crippen LogP contribution in [-0.2, 0) is 11.3 Å². The van der Waals surface area contributed by atoms with Gasteiger partial charge in [0.2, 0.25) is 0 Å². The second-order valence-corrected chi connectivity index (χ2v) is 2.96. The second kappa shape index (κ2) is 8.82. The topological polar surface area (TPSA) is 9.23 Å². The molecule has 3 heteroatoms. The molecule has 0 amide bonds. The molecule has 0 N–H and O–H groups in total. The van der Waals surface area contributed by atoms with Gasteiger partial charge < -0.3 is 7.59 Å². The zero-order valence-electron chi connectivity index (χ0n) is 9.71. The van der Waals surface area contributed by atoms with Crippen LogP contribution >= 0.6 is 11.6 Å². The summed E-state index contributed by atoms with van der Waals surface area (Å²) in [5, 5.41) is 0. The third-order valence-electron chi connectivity index (χ3n) is 1.53. The Balaban J connectivity index is -0.000000480. The fourth-order valence-electron chi connectivity index (χ4n) is 0.921. The summed E-state index contributed by atoms with van der Waals surface area (Å²) in [5.74, 6) is 0.675. The SMILES string of the molecule is ClCCCOCc1ccccc1.[H-].[H-].[Mg+2]. The Hall–Kier alpha value is 0.236. The average molecular weight is 211 g/mol. The molecule has 1 rings (SSSR count). The van der Waals surface area contributed by atoms with Crippen molar-refractivity contribution in [2.75, 3.05) is 12.5 Å². The largest absolute Gasteiger partial charge is 2.00 e. The first-order valence-corrected chi connectivity index (χ1v) is 4.64. The van der Waals surface area contributed by atoms with Crippen molar-refractivity contribution in [3.63, 3.8) is 0 Å². The minimum atomic E-state index is 0. The number of alkyl halides is 1. The van der Waals surface area contributed by atoms with Crippen LogP contribution in [-0.4, -0.2) is 35.5 Å². The van der Waals surface area contributed by atoms with Crippen LogP contribution in [0.5, 0.6) is 0 Å². The second-order valence-electron chi connectivity index (χ2n) is 2.58. The van der Waals surface area contributed by atoms with Crippen LogP contribution in [0.2, 0.25) is 0 Å². The van der Waals surface area contributed by atoms with Gasteiger partial charge in [0, 0.05) is 12.5 Å². The summed E-state index contributed by atoms with van der Waals surface area (Å²) in [5.41, 5.74) is 1.21. The Kier molecular flexibility index (Phi) is 8.98. The van der Waals surface area contributed by atoms with E-state index in [2.05, 4.69) is 12.1 Å². The fraction of sp³-hybridized carbons (Fsp3) is 0.400. The van der Waals surface area contributed by atoms with Gasteiger partial charge in [0.25, 0.3) is 0 Å². The molecule has 0 saturated heterocycles. The molecule has 0 spiro atoms. The maximum Gasteiger partial charge on any atom is 2.00 e. The summed E-state index contributed by atoms with van der Waals surface area (Å²) in [6.45, 7) is 1.44. The van der Waals surface area contributed by atoms with Gasteiger partial charge in [-0.05, 0) is 12.0 Å². The van der Waals surface area contributed by atoms with Crippen molar-refractivity contribution < 1.29 is 7.59 Å². The molecule has 1 aromatic rings. The molecule has 0 atom stereocenters. The molecule has 70 valence electrons. The summed E-state index contributed by atoms with van der Waals surface area (Å²) in [4.78, 5) is 0. The van der Waals surface area contributed by atoms with Crippen molar-refractivity contribution in [3.8, 4) is 0 Å². The van der Waals surface area contributed by atoms with Gasteiger partial charge in [-0.25, -0.2) is 0 Å². The van der Waals surface area contributed by atoms with Crippen LogP contribution in [0, 0.1) is 0 Å². The van der Waals surface area contributed by atoms with Crippen molar-refractivity contribution in [2.24, 2.45) is 0 Å². The molecule has 0 aromatic heterocycles. The summed E-state index contributed by atoms with van der Waals surface area (Å²) < 4.78 is 5.38. The van der Waals surface area contributed by atoms with Gasteiger partial charge in [0.1, 0.15) is 0 Å². The standard InChI is InChI=1S/C10H13ClO.Mg.2H/c11-7-4-8-12-9-10-5-2-1-3-6-10;;;/h1-3,5-6H,4,7-9H2;;;/q;+2;2*-1. The third kappa shape index (κ3) is 6.33. The van der Waals surface area contributed by atoms with E-state index in [0.717, 1.165) is 13.0 Å². The van der Waals surface area contributed by atoms with E-state index in [1.807, 2.05) is 18.2 Å². The van der Waals surface area contributed by atoms with Crippen molar-refractivity contribution >= 4 is 34.7 Å². The van der Waals surface area contributed by atoms with Gasteiger partial charge >= 0.3 is 23.1 Å². The molecule has 0 radical (unpaired) electrons. The monoisotopic (exact) mass is 210 g/mol. The van der Waals surface area contributed by atoms with Crippen LogP contribution in [0.1, 0.15) is 14.8 Å². The van der Waals surface area contributed by atoms with Gasteiger partial charge in [-0.2, -0.15) is 0 Å². The maximum absolute atomic E-state index is 5.50. The summed E-state index contributed by atoms with van der Waals surface area (Å²) in [7, 11) is 0. The van der Waals surface area contributed by atoms with Gasteiger partial charge in [-0.15, -0.1) is 11.6 Å². The van der Waals surface area contributed by atoms with E-state index < -0.39 is 0 Å². The van der Waals surface area contributed by atoms with Crippen LogP contribution in [0.15, 0.2) is 30.3 Å². The first kappa shape index (κ1) is 13.2. The molecule has 0 heterocycles. The predicted molar refractivity (Wildman–Crippen MR) is 59.4 cm³/mol. The molecule has 0 unspecified atom stereocenters. The smallest absolute Gasteiger partial charge is 1.00 e. The Morgan fingerprint density at radius 2 is 1.92 bits per heavy atom. The number of hydrogen-bond acceptors (Lipinski definition) is 1. The number of hydrogen-bond donors (Lipinski definition) is 0. The van der Waals surface area contributed by atoms with Gasteiger partial charge in [0.05, 0.1) is 6.61 Å². The van der Waals surface area contributed by atoms with E-state index in [4.69, 9.17) is 16.3 Å². The fourth-order valence-corrected chi connectivity index (χ4v) is 1.03. The quantitative estimate of drug-likeness (QED) is 0.413. The average Bonchev–Trinajstić information content (AvgIpc) is 2.14. The minimum absolute atomic E-state index is 0. The molecule has 0 bridgehead atoms. The van der Waals surface area contributed by atoms with Crippen LogP contribution in [0.25, 0.3) is 0 Å². The van der Waals surface area contributed by atoms with E-state index >= 15 is 0 Å². The van der Waals surface area contributed by atoms with E-state index in [1.165, 1.54) is 5.56 Å². The van der Waals surface area contributed by atoms with Crippen LogP contribution in [0.3, 0.4) is 0 Å². The number of halogens is 1. The molecule has 13 heavy (non-hydrogen) atoms. The van der Waals surface area contributed by atoms with Gasteiger partial charge in [-0.1, -0.05) is 30.3 Å². The molecule has 1 aromatic carbocycles. The molecule has 0 saturated carbocycles. The molecule has 0 aliphatic rings. The third-order valence-corrected chi connectivity index (χ3v) is 1.80. The van der Waals surface area contributed by atoms with Crippen molar-refractivity contribution in [1.29, 1.82) is 0 Å². The predicted octanol–water partition coefficient (Wildman–Crippen LogP) is 2.68. The van der Waals surface area contributed by atoms with Crippen molar-refractivity contribution in [2.45, 2.75) is 13.0 Å². The summed E-state index contributed by atoms with van der Waals surface area (Å²) in [6, 6.07) is 10.1. The number of benzene rings is 1. The minimum Gasteiger partial charge on any atom is -1.00 e. The Morgan fingerprint density at radius 3 is 2.54 bits per heavy atom. The van der Waals surface area contributed by atoms with Gasteiger partial charge in [-0.3, -0.25) is 0 Å². The molecule has 1 nitrogen and oxygen atoms in total. The first-order chi connectivity index (χ1) is 5.93. The first-order valence-electron chi connectivity index (χ1n) is 4.11. The Morgan fingerprint density at radius 1 is 1.23 bits per heavy atom. The number of ether oxygens (including phenoxy) is 1. The molecular weight excluding hydrogens is 196 g/mol. The summed E-state index contributed by atoms with van der Waals surface area (Å²) >= 11 is 5.50. The summed E-state index contributed by atoms with van der Waals surface area (Å²) in [6.07, 6.45) is 0.925. The molecular formula is C10H15ClMgO. The van der Waals surface area contributed by atoms with E-state index in [0.29, 0.717) is 12.5 Å². The zero-order chi connectivity index (χ0) is 8.65. The van der Waals surface area contributed by atoms with E-state index in [-0.39, 0.29) is 25.9 Å². The van der Waals surface area contributed by atoms with Crippen LogP contribution < -0.4 is 0 Å². The van der Waals surface area contributed by atoms with E-state index in [9.17, 15) is 0 Å². The maximum atomic E-state index is 5.50. The molecule has 0 fully saturated rings. The van der Waals surface area contributed by atoms with Crippen LogP contribution in [0.4, 0.5) is 0 Å². The van der Waals surface area contributed by atoms with Crippen molar-refractivity contribution in [3.05, 3.63) is 35.9 Å². The zero-order valence-corrected chi connectivity index (χ0v) is 9.88. The van der Waals surface area contributed by atoms with Gasteiger partial charge in [0.15, 0.2) is 0 Å². The Labute approximate surface area is 104 Å². The van der Waals surface area contributed by atoms with E-state index in [1.54, 1.807) is 0 Å². The normalized spacial score (nSPS) is 9.31. The number of rotatable bonds is 5. The molecule has 0 aliphatic carbocycles. The molecule has 0 aliphatic heterocycles.